The molecule has 17 heavy (non-hydrogen) atoms. The van der Waals surface area contributed by atoms with E-state index in [1.54, 1.807) is 0 Å². The number of aliphatic hydroxyl groups is 1. The van der Waals surface area contributed by atoms with E-state index in [4.69, 9.17) is 0 Å². The van der Waals surface area contributed by atoms with Crippen LogP contribution in [0.1, 0.15) is 40.0 Å². The van der Waals surface area contributed by atoms with Gasteiger partial charge in [-0.05, 0) is 44.8 Å². The van der Waals surface area contributed by atoms with E-state index in [0.717, 1.165) is 13.0 Å². The van der Waals surface area contributed by atoms with Crippen LogP contribution in [0.4, 0.5) is 0 Å². The largest absolute Gasteiger partial charge is 0.392 e. The fraction of sp³-hybridized carbons (Fsp3) is 1.00. The van der Waals surface area contributed by atoms with E-state index in [-0.39, 0.29) is 11.5 Å². The summed E-state index contributed by atoms with van der Waals surface area (Å²) < 4.78 is 0. The lowest BCUT2D eigenvalue weighted by atomic mass is 9.64. The molecule has 100 valence electrons. The molecule has 1 heterocycles. The van der Waals surface area contributed by atoms with Crippen molar-refractivity contribution in [1.29, 1.82) is 0 Å². The van der Waals surface area contributed by atoms with Crippen molar-refractivity contribution in [2.45, 2.75) is 52.2 Å². The molecule has 0 radical (unpaired) electrons. The summed E-state index contributed by atoms with van der Waals surface area (Å²) in [6.07, 6.45) is 3.56. The van der Waals surface area contributed by atoms with Crippen LogP contribution in [0.15, 0.2) is 0 Å². The van der Waals surface area contributed by atoms with Gasteiger partial charge in [-0.3, -0.25) is 0 Å². The first-order valence-corrected chi connectivity index (χ1v) is 7.14. The Morgan fingerprint density at radius 3 is 2.53 bits per heavy atom. The minimum Gasteiger partial charge on any atom is -0.392 e. The van der Waals surface area contributed by atoms with Crippen molar-refractivity contribution in [2.75, 3.05) is 26.2 Å². The molecule has 2 aliphatic rings. The number of hydrogen-bond acceptors (Lipinski definition) is 3. The zero-order valence-corrected chi connectivity index (χ0v) is 11.6. The molecule has 1 aliphatic carbocycles. The second-order valence-electron chi connectivity index (χ2n) is 6.65. The third-order valence-electron chi connectivity index (χ3n) is 4.70. The second kappa shape index (κ2) is 5.25. The van der Waals surface area contributed by atoms with E-state index in [1.165, 1.54) is 32.5 Å². The average Bonchev–Trinajstić information content (AvgIpc) is 2.76. The van der Waals surface area contributed by atoms with E-state index < -0.39 is 0 Å². The molecule has 0 bridgehead atoms. The van der Waals surface area contributed by atoms with Gasteiger partial charge in [0.25, 0.3) is 0 Å². The molecular weight excluding hydrogens is 212 g/mol. The van der Waals surface area contributed by atoms with E-state index in [1.807, 2.05) is 0 Å². The van der Waals surface area contributed by atoms with Crippen molar-refractivity contribution in [3.8, 4) is 0 Å². The molecule has 3 heteroatoms. The van der Waals surface area contributed by atoms with Crippen molar-refractivity contribution in [3.63, 3.8) is 0 Å². The van der Waals surface area contributed by atoms with E-state index in [2.05, 4.69) is 31.0 Å². The van der Waals surface area contributed by atoms with Crippen LogP contribution in [0, 0.1) is 11.3 Å². The van der Waals surface area contributed by atoms with Gasteiger partial charge in [0, 0.05) is 18.0 Å². The summed E-state index contributed by atoms with van der Waals surface area (Å²) in [6.45, 7) is 11.5. The lowest BCUT2D eigenvalue weighted by molar-refractivity contribution is -0.0732. The maximum atomic E-state index is 9.69. The molecular formula is C14H28N2O. The molecule has 0 aromatic rings. The first kappa shape index (κ1) is 13.3. The van der Waals surface area contributed by atoms with E-state index in [0.29, 0.717) is 12.0 Å². The highest BCUT2D eigenvalue weighted by atomic mass is 16.3. The minimum absolute atomic E-state index is 0.0629. The van der Waals surface area contributed by atoms with Crippen LogP contribution >= 0.6 is 0 Å². The standard InChI is InChI=1S/C14H28N2O/c1-11(10-16-6-4-5-7-16)9-15-12-8-13(17)14(12,2)3/h11-13,15,17H,4-10H2,1-3H3. The number of aliphatic hydroxyl groups excluding tert-OH is 1. The van der Waals surface area contributed by atoms with E-state index in [9.17, 15) is 5.11 Å². The normalized spacial score (nSPS) is 34.6. The summed E-state index contributed by atoms with van der Waals surface area (Å²) in [5, 5.41) is 13.3. The average molecular weight is 240 g/mol. The lowest BCUT2D eigenvalue weighted by Gasteiger charge is -2.50. The molecule has 3 atom stereocenters. The SMILES string of the molecule is CC(CNC1CC(O)C1(C)C)CN1CCCC1. The molecule has 2 fully saturated rings. The van der Waals surface area contributed by atoms with Gasteiger partial charge in [0.15, 0.2) is 0 Å². The summed E-state index contributed by atoms with van der Waals surface area (Å²) in [4.78, 5) is 2.58. The highest BCUT2D eigenvalue weighted by Crippen LogP contribution is 2.40. The topological polar surface area (TPSA) is 35.5 Å². The Labute approximate surface area is 106 Å². The Balaban J connectivity index is 1.64. The Bertz CT molecular complexity index is 249. The van der Waals surface area contributed by atoms with Gasteiger partial charge < -0.3 is 15.3 Å². The maximum absolute atomic E-state index is 9.69. The number of nitrogens with one attached hydrogen (secondary N) is 1. The molecule has 0 aromatic carbocycles. The quantitative estimate of drug-likeness (QED) is 0.764. The maximum Gasteiger partial charge on any atom is 0.0621 e. The number of likely N-dealkylation sites (tertiary alicyclic amines) is 1. The van der Waals surface area contributed by atoms with Crippen LogP contribution in [0.5, 0.6) is 0 Å². The van der Waals surface area contributed by atoms with Gasteiger partial charge in [0.2, 0.25) is 0 Å². The summed E-state index contributed by atoms with van der Waals surface area (Å²) in [7, 11) is 0. The molecule has 2 rings (SSSR count). The van der Waals surface area contributed by atoms with Crippen molar-refractivity contribution in [1.82, 2.24) is 10.2 Å². The van der Waals surface area contributed by atoms with Gasteiger partial charge in [-0.15, -0.1) is 0 Å². The highest BCUT2D eigenvalue weighted by molar-refractivity contribution is 5.01. The molecule has 0 amide bonds. The zero-order valence-electron chi connectivity index (χ0n) is 11.6. The fourth-order valence-electron chi connectivity index (χ4n) is 3.06. The molecule has 3 nitrogen and oxygen atoms in total. The lowest BCUT2D eigenvalue weighted by Crippen LogP contribution is -2.60. The van der Waals surface area contributed by atoms with Gasteiger partial charge in [-0.2, -0.15) is 0 Å². The van der Waals surface area contributed by atoms with Crippen LogP contribution in [-0.4, -0.2) is 48.3 Å². The second-order valence-corrected chi connectivity index (χ2v) is 6.65. The molecule has 1 saturated carbocycles. The Hall–Kier alpha value is -0.120. The molecule has 3 unspecified atom stereocenters. The first-order valence-electron chi connectivity index (χ1n) is 7.14. The third-order valence-corrected chi connectivity index (χ3v) is 4.70. The molecule has 2 N–H and O–H groups in total. The van der Waals surface area contributed by atoms with Crippen LogP contribution < -0.4 is 5.32 Å². The summed E-state index contributed by atoms with van der Waals surface area (Å²) >= 11 is 0. The fourth-order valence-corrected chi connectivity index (χ4v) is 3.06. The molecule has 0 aromatic heterocycles. The zero-order chi connectivity index (χ0) is 12.5. The summed E-state index contributed by atoms with van der Waals surface area (Å²) in [5.41, 5.74) is 0.0629. The van der Waals surface area contributed by atoms with Crippen molar-refractivity contribution in [2.24, 2.45) is 11.3 Å². The van der Waals surface area contributed by atoms with Gasteiger partial charge in [-0.1, -0.05) is 20.8 Å². The van der Waals surface area contributed by atoms with Crippen molar-refractivity contribution in [3.05, 3.63) is 0 Å². The first-order chi connectivity index (χ1) is 8.00. The van der Waals surface area contributed by atoms with Crippen LogP contribution in [0.3, 0.4) is 0 Å². The number of rotatable bonds is 5. The Morgan fingerprint density at radius 2 is 2.00 bits per heavy atom. The molecule has 0 spiro atoms. The van der Waals surface area contributed by atoms with Gasteiger partial charge in [0.05, 0.1) is 6.10 Å². The van der Waals surface area contributed by atoms with Crippen LogP contribution in [0.25, 0.3) is 0 Å². The predicted octanol–water partition coefficient (Wildman–Crippen LogP) is 1.47. The van der Waals surface area contributed by atoms with Gasteiger partial charge >= 0.3 is 0 Å². The molecule has 1 aliphatic heterocycles. The van der Waals surface area contributed by atoms with E-state index >= 15 is 0 Å². The number of nitrogens with zero attached hydrogens (tertiary/aromatic N) is 1. The summed E-state index contributed by atoms with van der Waals surface area (Å²) in [5.74, 6) is 0.710. The molecule has 1 saturated heterocycles. The predicted molar refractivity (Wildman–Crippen MR) is 71.0 cm³/mol. The summed E-state index contributed by atoms with van der Waals surface area (Å²) in [6, 6.07) is 0.499. The Morgan fingerprint density at radius 1 is 1.35 bits per heavy atom. The van der Waals surface area contributed by atoms with Crippen molar-refractivity contribution >= 4 is 0 Å². The van der Waals surface area contributed by atoms with Gasteiger partial charge in [-0.25, -0.2) is 0 Å². The van der Waals surface area contributed by atoms with Crippen molar-refractivity contribution < 1.29 is 5.11 Å². The van der Waals surface area contributed by atoms with Gasteiger partial charge in [0.1, 0.15) is 0 Å². The monoisotopic (exact) mass is 240 g/mol. The number of hydrogen-bond donors (Lipinski definition) is 2. The smallest absolute Gasteiger partial charge is 0.0621 e. The minimum atomic E-state index is -0.117. The Kier molecular flexibility index (Phi) is 4.11. The third kappa shape index (κ3) is 3.01. The van der Waals surface area contributed by atoms with Crippen LogP contribution in [0.2, 0.25) is 0 Å². The highest BCUT2D eigenvalue weighted by Gasteiger charge is 2.46. The van der Waals surface area contributed by atoms with Crippen LogP contribution in [-0.2, 0) is 0 Å².